The van der Waals surface area contributed by atoms with Crippen LogP contribution in [-0.4, -0.2) is 47.4 Å². The second-order valence-electron chi connectivity index (χ2n) is 6.44. The van der Waals surface area contributed by atoms with Gasteiger partial charge in [-0.2, -0.15) is 0 Å². The first-order chi connectivity index (χ1) is 14.3. The fourth-order valence-electron chi connectivity index (χ4n) is 3.12. The van der Waals surface area contributed by atoms with Gasteiger partial charge < -0.3 is 25.1 Å². The predicted octanol–water partition coefficient (Wildman–Crippen LogP) is 2.13. The minimum Gasteiger partial charge on any atom is -0.465 e. The average molecular weight is 412 g/mol. The minimum atomic E-state index is -0.671. The summed E-state index contributed by atoms with van der Waals surface area (Å²) in [6.45, 7) is 4.76. The van der Waals surface area contributed by atoms with Crippen LogP contribution in [0, 0.1) is 6.92 Å². The SMILES string of the molecule is CCOC(=O)c1[nH]c(C=C2C(=O)Nc3ncc(NC(C)=O)cc32)c(C(=O)OC)c1C. The molecular weight excluding hydrogens is 392 g/mol. The van der Waals surface area contributed by atoms with Gasteiger partial charge in [-0.1, -0.05) is 0 Å². The fraction of sp³-hybridized carbons (Fsp3) is 0.250. The molecule has 0 unspecified atom stereocenters. The fourth-order valence-corrected chi connectivity index (χ4v) is 3.12. The molecule has 0 radical (unpaired) electrons. The molecule has 10 nitrogen and oxygen atoms in total. The van der Waals surface area contributed by atoms with Gasteiger partial charge in [-0.3, -0.25) is 9.59 Å². The number of nitrogens with zero attached hydrogens (tertiary/aromatic N) is 1. The molecule has 3 heterocycles. The summed E-state index contributed by atoms with van der Waals surface area (Å²) in [5, 5.41) is 5.23. The molecule has 3 N–H and O–H groups in total. The van der Waals surface area contributed by atoms with E-state index >= 15 is 0 Å². The van der Waals surface area contributed by atoms with Gasteiger partial charge in [0.15, 0.2) is 0 Å². The number of carbonyl (C=O) groups is 4. The maximum Gasteiger partial charge on any atom is 0.355 e. The van der Waals surface area contributed by atoms with E-state index in [2.05, 4.69) is 20.6 Å². The number of anilines is 2. The lowest BCUT2D eigenvalue weighted by atomic mass is 10.0. The maximum absolute atomic E-state index is 12.5. The van der Waals surface area contributed by atoms with Crippen LogP contribution in [0.2, 0.25) is 0 Å². The molecule has 0 aromatic carbocycles. The van der Waals surface area contributed by atoms with Crippen molar-refractivity contribution >= 4 is 46.9 Å². The highest BCUT2D eigenvalue weighted by molar-refractivity contribution is 6.34. The molecule has 0 saturated carbocycles. The van der Waals surface area contributed by atoms with Gasteiger partial charge >= 0.3 is 11.9 Å². The van der Waals surface area contributed by atoms with E-state index in [4.69, 9.17) is 9.47 Å². The molecule has 10 heteroatoms. The lowest BCUT2D eigenvalue weighted by Gasteiger charge is -2.04. The van der Waals surface area contributed by atoms with Gasteiger partial charge in [-0.25, -0.2) is 14.6 Å². The van der Waals surface area contributed by atoms with Crippen molar-refractivity contribution in [3.63, 3.8) is 0 Å². The first kappa shape index (κ1) is 20.8. The van der Waals surface area contributed by atoms with Crippen LogP contribution in [0.1, 0.15) is 51.5 Å². The number of aromatic nitrogens is 2. The Labute approximate surface area is 171 Å². The van der Waals surface area contributed by atoms with Gasteiger partial charge in [-0.15, -0.1) is 0 Å². The van der Waals surface area contributed by atoms with E-state index < -0.39 is 17.8 Å². The third kappa shape index (κ3) is 3.79. The number of pyridine rings is 1. The molecule has 30 heavy (non-hydrogen) atoms. The van der Waals surface area contributed by atoms with E-state index in [1.54, 1.807) is 19.9 Å². The van der Waals surface area contributed by atoms with E-state index in [0.717, 1.165) is 0 Å². The van der Waals surface area contributed by atoms with E-state index in [0.29, 0.717) is 22.6 Å². The van der Waals surface area contributed by atoms with Crippen molar-refractivity contribution in [1.82, 2.24) is 9.97 Å². The zero-order valence-electron chi connectivity index (χ0n) is 16.8. The molecule has 0 aliphatic carbocycles. The van der Waals surface area contributed by atoms with Gasteiger partial charge in [0.1, 0.15) is 11.5 Å². The first-order valence-electron chi connectivity index (χ1n) is 9.05. The number of fused-ring (bicyclic) bond motifs is 1. The third-order valence-corrected chi connectivity index (χ3v) is 4.41. The molecule has 0 atom stereocenters. The van der Waals surface area contributed by atoms with Crippen molar-refractivity contribution in [2.75, 3.05) is 24.4 Å². The first-order valence-corrected chi connectivity index (χ1v) is 9.05. The summed E-state index contributed by atoms with van der Waals surface area (Å²) in [4.78, 5) is 55.4. The van der Waals surface area contributed by atoms with Crippen LogP contribution in [0.5, 0.6) is 0 Å². The lowest BCUT2D eigenvalue weighted by molar-refractivity contribution is -0.114. The van der Waals surface area contributed by atoms with Crippen molar-refractivity contribution in [2.24, 2.45) is 0 Å². The van der Waals surface area contributed by atoms with Crippen LogP contribution >= 0.6 is 0 Å². The third-order valence-electron chi connectivity index (χ3n) is 4.41. The summed E-state index contributed by atoms with van der Waals surface area (Å²) in [6.07, 6.45) is 2.85. The Bertz CT molecular complexity index is 1100. The number of nitrogens with one attached hydrogen (secondary N) is 3. The number of carbonyl (C=O) groups excluding carboxylic acids is 4. The molecule has 0 bridgehead atoms. The monoisotopic (exact) mass is 412 g/mol. The standard InChI is InChI=1S/C20H20N4O6/c1-5-30-20(28)16-9(2)15(19(27)29-4)14(23-16)7-13-12-6-11(22-10(3)25)8-21-17(12)24-18(13)26/h6-8,23H,5H2,1-4H3,(H,22,25)(H,21,24,26). The number of hydrogen-bond acceptors (Lipinski definition) is 7. The molecule has 2 amide bonds. The van der Waals surface area contributed by atoms with Gasteiger partial charge in [0.2, 0.25) is 5.91 Å². The lowest BCUT2D eigenvalue weighted by Crippen LogP contribution is -2.08. The highest BCUT2D eigenvalue weighted by Gasteiger charge is 2.29. The number of H-pyrrole nitrogens is 1. The number of methoxy groups -OCH3 is 1. The molecule has 2 aromatic rings. The molecule has 1 aliphatic heterocycles. The molecular formula is C20H20N4O6. The van der Waals surface area contributed by atoms with Crippen LogP contribution in [0.25, 0.3) is 11.6 Å². The predicted molar refractivity (Wildman–Crippen MR) is 108 cm³/mol. The quantitative estimate of drug-likeness (QED) is 0.505. The average Bonchev–Trinajstić information content (AvgIpc) is 3.18. The number of esters is 2. The Hall–Kier alpha value is -3.95. The van der Waals surface area contributed by atoms with E-state index in [9.17, 15) is 19.2 Å². The molecule has 156 valence electrons. The molecule has 1 aliphatic rings. The number of aromatic amines is 1. The smallest absolute Gasteiger partial charge is 0.355 e. The summed E-state index contributed by atoms with van der Waals surface area (Å²) in [5.74, 6) is -1.72. The number of amides is 2. The number of ether oxygens (including phenoxy) is 2. The van der Waals surface area contributed by atoms with Gasteiger partial charge in [0.25, 0.3) is 5.91 Å². The Kier molecular flexibility index (Phi) is 5.67. The Morgan fingerprint density at radius 1 is 1.27 bits per heavy atom. The van der Waals surface area contributed by atoms with Gasteiger partial charge in [-0.05, 0) is 31.6 Å². The van der Waals surface area contributed by atoms with Gasteiger partial charge in [0.05, 0.1) is 42.4 Å². The Morgan fingerprint density at radius 2 is 2.00 bits per heavy atom. The summed E-state index contributed by atoms with van der Waals surface area (Å²) in [5.41, 5.74) is 1.81. The zero-order chi connectivity index (χ0) is 22.0. The number of hydrogen-bond donors (Lipinski definition) is 3. The van der Waals surface area contributed by atoms with E-state index in [1.165, 1.54) is 26.3 Å². The van der Waals surface area contributed by atoms with Crippen molar-refractivity contribution in [3.8, 4) is 0 Å². The van der Waals surface area contributed by atoms with Gasteiger partial charge in [0, 0.05) is 12.5 Å². The zero-order valence-corrected chi connectivity index (χ0v) is 16.8. The second kappa shape index (κ2) is 8.19. The molecule has 0 saturated heterocycles. The highest BCUT2D eigenvalue weighted by Crippen LogP contribution is 2.34. The van der Waals surface area contributed by atoms with Crippen molar-refractivity contribution in [1.29, 1.82) is 0 Å². The van der Waals surface area contributed by atoms with Crippen molar-refractivity contribution < 1.29 is 28.7 Å². The molecule has 3 rings (SSSR count). The largest absolute Gasteiger partial charge is 0.465 e. The van der Waals surface area contributed by atoms with E-state index in [1.807, 2.05) is 0 Å². The van der Waals surface area contributed by atoms with Crippen LogP contribution in [0.15, 0.2) is 12.3 Å². The summed E-state index contributed by atoms with van der Waals surface area (Å²) in [7, 11) is 1.22. The van der Waals surface area contributed by atoms with E-state index in [-0.39, 0.29) is 35.0 Å². The topological polar surface area (TPSA) is 139 Å². The normalized spacial score (nSPS) is 13.6. The maximum atomic E-state index is 12.5. The molecule has 0 spiro atoms. The summed E-state index contributed by atoms with van der Waals surface area (Å²) in [6, 6.07) is 1.59. The van der Waals surface area contributed by atoms with Crippen LogP contribution in [0.3, 0.4) is 0 Å². The minimum absolute atomic E-state index is 0.0906. The van der Waals surface area contributed by atoms with Crippen LogP contribution < -0.4 is 10.6 Å². The second-order valence-corrected chi connectivity index (χ2v) is 6.44. The summed E-state index contributed by atoms with van der Waals surface area (Å²) >= 11 is 0. The molecule has 2 aromatic heterocycles. The van der Waals surface area contributed by atoms with Crippen LogP contribution in [0.4, 0.5) is 11.5 Å². The Morgan fingerprint density at radius 3 is 2.63 bits per heavy atom. The van der Waals surface area contributed by atoms with Crippen molar-refractivity contribution in [3.05, 3.63) is 40.3 Å². The Balaban J connectivity index is 2.14. The van der Waals surface area contributed by atoms with Crippen LogP contribution in [-0.2, 0) is 19.1 Å². The highest BCUT2D eigenvalue weighted by atomic mass is 16.5. The number of rotatable bonds is 5. The van der Waals surface area contributed by atoms with Crippen molar-refractivity contribution in [2.45, 2.75) is 20.8 Å². The molecule has 0 fully saturated rings. The summed E-state index contributed by atoms with van der Waals surface area (Å²) < 4.78 is 9.85.